The van der Waals surface area contributed by atoms with Crippen molar-refractivity contribution in [1.29, 1.82) is 0 Å². The monoisotopic (exact) mass is 470 g/mol. The second-order valence-electron chi connectivity index (χ2n) is 6.73. The molecule has 0 aliphatic rings. The van der Waals surface area contributed by atoms with Gasteiger partial charge < -0.3 is 16.0 Å². The Morgan fingerprint density at radius 3 is 2.77 bits per heavy atom. The third-order valence-electron chi connectivity index (χ3n) is 5.07. The predicted molar refractivity (Wildman–Crippen MR) is 116 cm³/mol. The number of nitrogens with zero attached hydrogens (tertiary/aromatic N) is 4. The quantitative estimate of drug-likeness (QED) is 0.294. The summed E-state index contributed by atoms with van der Waals surface area (Å²) >= 11 is 3.01. The van der Waals surface area contributed by atoms with Gasteiger partial charge in [0.1, 0.15) is 12.1 Å². The molecule has 0 saturated carbocycles. The number of carbonyl (C=O) groups is 2. The molecule has 1 aromatic carbocycles. The average Bonchev–Trinajstić information content (AvgIpc) is 3.31. The van der Waals surface area contributed by atoms with E-state index in [4.69, 9.17) is 5.73 Å². The summed E-state index contributed by atoms with van der Waals surface area (Å²) in [5, 5.41) is 2.91. The van der Waals surface area contributed by atoms with E-state index >= 15 is 0 Å². The molecule has 0 aliphatic carbocycles. The lowest BCUT2D eigenvalue weighted by atomic mass is 10.2. The molecule has 0 bridgehead atoms. The van der Waals surface area contributed by atoms with Crippen molar-refractivity contribution in [1.82, 2.24) is 24.8 Å². The standard InChI is InChI=1S/C20H20BrN7O2/c1-3-27-13-6-5-11(17(21)29)9-14(13)28(4-2)15(27)10-24-20(30)16-18(22)26-19-12(25-16)7-8-23-19/h5-9H,3-4,10H2,1-2H3,(H3-,22,23,24,25,26,30)/p+1. The number of nitrogens with one attached hydrogen (secondary N) is 2. The fourth-order valence-corrected chi connectivity index (χ4v) is 3.95. The fraction of sp³-hybridized carbons (Fsp3) is 0.250. The number of hydrogen-bond acceptors (Lipinski definition) is 5. The lowest BCUT2D eigenvalue weighted by Crippen LogP contribution is -2.40. The van der Waals surface area contributed by atoms with Crippen LogP contribution in [-0.4, -0.2) is 30.1 Å². The molecule has 0 unspecified atom stereocenters. The zero-order valence-electron chi connectivity index (χ0n) is 16.6. The molecule has 0 fully saturated rings. The van der Waals surface area contributed by atoms with Gasteiger partial charge in [-0.1, -0.05) is 0 Å². The van der Waals surface area contributed by atoms with Gasteiger partial charge in [-0.05, 0) is 48.0 Å². The largest absolute Gasteiger partial charge is 0.382 e. The van der Waals surface area contributed by atoms with Crippen LogP contribution in [0, 0.1) is 0 Å². The summed E-state index contributed by atoms with van der Waals surface area (Å²) in [6, 6.07) is 7.31. The van der Waals surface area contributed by atoms with Gasteiger partial charge in [0.15, 0.2) is 28.2 Å². The third kappa shape index (κ3) is 3.32. The molecular weight excluding hydrogens is 450 g/mol. The number of aromatic amines is 1. The lowest BCUT2D eigenvalue weighted by Gasteiger charge is -2.07. The van der Waals surface area contributed by atoms with E-state index in [1.807, 2.05) is 26.0 Å². The Morgan fingerprint density at radius 2 is 2.07 bits per heavy atom. The Labute approximate surface area is 180 Å². The van der Waals surface area contributed by atoms with Crippen LogP contribution in [0.4, 0.5) is 5.82 Å². The lowest BCUT2D eigenvalue weighted by molar-refractivity contribution is -0.676. The second kappa shape index (κ2) is 7.86. The van der Waals surface area contributed by atoms with Crippen molar-refractivity contribution in [3.8, 4) is 0 Å². The number of amides is 1. The molecule has 4 N–H and O–H groups in total. The normalized spacial score (nSPS) is 11.3. The van der Waals surface area contributed by atoms with Crippen molar-refractivity contribution in [2.24, 2.45) is 0 Å². The first kappa shape index (κ1) is 20.0. The minimum atomic E-state index is -0.394. The van der Waals surface area contributed by atoms with Crippen molar-refractivity contribution in [3.05, 3.63) is 47.5 Å². The summed E-state index contributed by atoms with van der Waals surface area (Å²) < 4.78 is 4.04. The maximum Gasteiger partial charge on any atom is 0.277 e. The van der Waals surface area contributed by atoms with Crippen LogP contribution in [0.1, 0.15) is 40.5 Å². The molecule has 0 saturated heterocycles. The molecule has 0 aliphatic heterocycles. The van der Waals surface area contributed by atoms with Gasteiger partial charge in [-0.2, -0.15) is 0 Å². The number of imidazole rings is 1. The Morgan fingerprint density at radius 1 is 1.27 bits per heavy atom. The topological polar surface area (TPSA) is 123 Å². The fourth-order valence-electron chi connectivity index (χ4n) is 3.70. The van der Waals surface area contributed by atoms with Crippen LogP contribution in [0.25, 0.3) is 22.2 Å². The highest BCUT2D eigenvalue weighted by atomic mass is 79.9. The van der Waals surface area contributed by atoms with Crippen LogP contribution in [0.5, 0.6) is 0 Å². The van der Waals surface area contributed by atoms with Crippen LogP contribution in [0.3, 0.4) is 0 Å². The zero-order chi connectivity index (χ0) is 21.4. The summed E-state index contributed by atoms with van der Waals surface area (Å²) in [5.74, 6) is 0.592. The molecule has 4 aromatic rings. The molecule has 3 aromatic heterocycles. The van der Waals surface area contributed by atoms with E-state index in [-0.39, 0.29) is 22.7 Å². The number of nitrogen functional groups attached to an aromatic ring is 1. The van der Waals surface area contributed by atoms with E-state index in [2.05, 4.69) is 45.3 Å². The predicted octanol–water partition coefficient (Wildman–Crippen LogP) is 2.29. The first-order valence-electron chi connectivity index (χ1n) is 9.58. The summed E-state index contributed by atoms with van der Waals surface area (Å²) in [4.78, 5) is 36.0. The summed E-state index contributed by atoms with van der Waals surface area (Å²) in [5.41, 5.74) is 9.65. The van der Waals surface area contributed by atoms with Gasteiger partial charge in [0.25, 0.3) is 11.7 Å². The first-order chi connectivity index (χ1) is 14.4. The number of halogens is 1. The number of nitrogens with two attached hydrogens (primary N) is 1. The zero-order valence-corrected chi connectivity index (χ0v) is 18.2. The van der Waals surface area contributed by atoms with Crippen LogP contribution in [0.2, 0.25) is 0 Å². The molecular formula is C20H21BrN7O2+. The van der Waals surface area contributed by atoms with Gasteiger partial charge in [-0.25, -0.2) is 19.1 Å². The van der Waals surface area contributed by atoms with Crippen molar-refractivity contribution in [2.75, 3.05) is 5.73 Å². The minimum absolute atomic E-state index is 0.0716. The van der Waals surface area contributed by atoms with Crippen molar-refractivity contribution < 1.29 is 14.2 Å². The van der Waals surface area contributed by atoms with E-state index < -0.39 is 5.91 Å². The number of aromatic nitrogens is 5. The molecule has 0 spiro atoms. The third-order valence-corrected chi connectivity index (χ3v) is 5.53. The molecule has 3 heterocycles. The smallest absolute Gasteiger partial charge is 0.277 e. The summed E-state index contributed by atoms with van der Waals surface area (Å²) in [6.45, 7) is 5.74. The highest BCUT2D eigenvalue weighted by molar-refractivity contribution is 9.18. The number of carbonyl (C=O) groups excluding carboxylic acids is 2. The second-order valence-corrected chi connectivity index (χ2v) is 7.45. The van der Waals surface area contributed by atoms with Gasteiger partial charge in [0, 0.05) is 17.8 Å². The minimum Gasteiger partial charge on any atom is -0.382 e. The Hall–Kier alpha value is -3.27. The molecule has 10 heteroatoms. The molecule has 30 heavy (non-hydrogen) atoms. The number of benzene rings is 1. The van der Waals surface area contributed by atoms with Gasteiger partial charge in [-0.15, -0.1) is 0 Å². The maximum absolute atomic E-state index is 12.8. The number of aryl methyl sites for hydroxylation is 2. The van der Waals surface area contributed by atoms with E-state index in [9.17, 15) is 9.59 Å². The summed E-state index contributed by atoms with van der Waals surface area (Å²) in [7, 11) is 0. The molecule has 9 nitrogen and oxygen atoms in total. The van der Waals surface area contributed by atoms with Crippen LogP contribution in [0.15, 0.2) is 30.5 Å². The van der Waals surface area contributed by atoms with Crippen molar-refractivity contribution in [2.45, 2.75) is 33.5 Å². The van der Waals surface area contributed by atoms with Gasteiger partial charge in [0.05, 0.1) is 13.1 Å². The maximum atomic E-state index is 12.8. The number of rotatable bonds is 6. The van der Waals surface area contributed by atoms with E-state index in [0.717, 1.165) is 16.9 Å². The van der Waals surface area contributed by atoms with Gasteiger partial charge in [-0.3, -0.25) is 9.59 Å². The van der Waals surface area contributed by atoms with Crippen molar-refractivity contribution in [3.63, 3.8) is 0 Å². The SMILES string of the molecule is CCn1c(CNC(=O)c2nc3cc[nH]c3nc2N)[n+](CC)c2ccc(C(=O)Br)cc21. The van der Waals surface area contributed by atoms with Gasteiger partial charge >= 0.3 is 0 Å². The van der Waals surface area contributed by atoms with Gasteiger partial charge in [0.2, 0.25) is 4.69 Å². The Kier molecular flexibility index (Phi) is 5.25. The Balaban J connectivity index is 1.69. The molecule has 0 radical (unpaired) electrons. The van der Waals surface area contributed by atoms with Crippen molar-refractivity contribution >= 4 is 54.5 Å². The number of hydrogen-bond donors (Lipinski definition) is 3. The summed E-state index contributed by atoms with van der Waals surface area (Å²) in [6.07, 6.45) is 1.70. The highest BCUT2D eigenvalue weighted by Gasteiger charge is 2.25. The van der Waals surface area contributed by atoms with E-state index in [0.29, 0.717) is 29.8 Å². The first-order valence-corrected chi connectivity index (χ1v) is 10.4. The van der Waals surface area contributed by atoms with Crippen LogP contribution >= 0.6 is 15.9 Å². The Bertz CT molecular complexity index is 1290. The van der Waals surface area contributed by atoms with Crippen LogP contribution < -0.4 is 15.6 Å². The molecule has 4 rings (SSSR count). The number of anilines is 1. The number of fused-ring (bicyclic) bond motifs is 2. The van der Waals surface area contributed by atoms with E-state index in [1.54, 1.807) is 18.3 Å². The average molecular weight is 471 g/mol. The number of H-pyrrole nitrogens is 1. The highest BCUT2D eigenvalue weighted by Crippen LogP contribution is 2.19. The molecule has 154 valence electrons. The molecule has 0 atom stereocenters. The molecule has 1 amide bonds. The van der Waals surface area contributed by atoms with Crippen LogP contribution in [-0.2, 0) is 19.6 Å². The van der Waals surface area contributed by atoms with E-state index in [1.165, 1.54) is 0 Å².